The SMILES string of the molecule is CC1(C)CC2C=C(c3cnc4[nH]cc(-c5ccoc5)c4c3)N(C2)C(=O)O1. The van der Waals surface area contributed by atoms with E-state index in [0.717, 1.165) is 39.8 Å². The van der Waals surface area contributed by atoms with Crippen LogP contribution in [0, 0.1) is 5.92 Å². The second kappa shape index (κ2) is 5.24. The Morgan fingerprint density at radius 3 is 3.04 bits per heavy atom. The van der Waals surface area contributed by atoms with Gasteiger partial charge in [0, 0.05) is 46.9 Å². The zero-order valence-corrected chi connectivity index (χ0v) is 14.7. The number of H-pyrrole nitrogens is 1. The van der Waals surface area contributed by atoms with Gasteiger partial charge in [0.05, 0.1) is 18.2 Å². The fourth-order valence-corrected chi connectivity index (χ4v) is 4.01. The lowest BCUT2D eigenvalue weighted by atomic mass is 9.94. The molecule has 5 rings (SSSR count). The molecule has 0 spiro atoms. The van der Waals surface area contributed by atoms with E-state index in [9.17, 15) is 4.79 Å². The largest absolute Gasteiger partial charge is 0.472 e. The second-order valence-corrected chi connectivity index (χ2v) is 7.59. The van der Waals surface area contributed by atoms with Crippen molar-refractivity contribution in [2.45, 2.75) is 25.9 Å². The van der Waals surface area contributed by atoms with Crippen molar-refractivity contribution in [1.82, 2.24) is 14.9 Å². The van der Waals surface area contributed by atoms with Gasteiger partial charge in [0.25, 0.3) is 0 Å². The Bertz CT molecular complexity index is 1030. The molecule has 132 valence electrons. The van der Waals surface area contributed by atoms with Crippen LogP contribution in [0.25, 0.3) is 27.9 Å². The molecule has 6 nitrogen and oxygen atoms in total. The molecule has 1 N–H and O–H groups in total. The summed E-state index contributed by atoms with van der Waals surface area (Å²) in [5.41, 5.74) is 4.19. The molecular formula is C20H19N3O3. The predicted octanol–water partition coefficient (Wildman–Crippen LogP) is 4.41. The van der Waals surface area contributed by atoms with Crippen molar-refractivity contribution in [3.63, 3.8) is 0 Å². The number of hydrogen-bond donors (Lipinski definition) is 1. The lowest BCUT2D eigenvalue weighted by Gasteiger charge is -2.27. The van der Waals surface area contributed by atoms with Crippen LogP contribution in [0.15, 0.2) is 47.5 Å². The van der Waals surface area contributed by atoms with Crippen molar-refractivity contribution in [2.75, 3.05) is 6.54 Å². The first-order chi connectivity index (χ1) is 12.5. The maximum atomic E-state index is 12.6. The third-order valence-corrected chi connectivity index (χ3v) is 5.10. The zero-order valence-electron chi connectivity index (χ0n) is 14.7. The molecule has 0 aromatic carbocycles. The van der Waals surface area contributed by atoms with Gasteiger partial charge < -0.3 is 14.1 Å². The number of hydrogen-bond acceptors (Lipinski definition) is 4. The topological polar surface area (TPSA) is 71.4 Å². The van der Waals surface area contributed by atoms with Crippen LogP contribution in [0.5, 0.6) is 0 Å². The monoisotopic (exact) mass is 349 g/mol. The van der Waals surface area contributed by atoms with E-state index in [4.69, 9.17) is 9.15 Å². The van der Waals surface area contributed by atoms with Crippen molar-refractivity contribution < 1.29 is 13.9 Å². The van der Waals surface area contributed by atoms with Gasteiger partial charge in [0.1, 0.15) is 11.2 Å². The number of furan rings is 1. The van der Waals surface area contributed by atoms with Crippen LogP contribution in [0.3, 0.4) is 0 Å². The molecule has 3 aromatic heterocycles. The molecule has 1 fully saturated rings. The summed E-state index contributed by atoms with van der Waals surface area (Å²) in [5.74, 6) is 0.293. The zero-order chi connectivity index (χ0) is 17.9. The van der Waals surface area contributed by atoms with E-state index < -0.39 is 5.60 Å². The van der Waals surface area contributed by atoms with Crippen molar-refractivity contribution in [2.24, 2.45) is 5.92 Å². The summed E-state index contributed by atoms with van der Waals surface area (Å²) in [6, 6.07) is 3.99. The Kier molecular flexibility index (Phi) is 3.07. The van der Waals surface area contributed by atoms with E-state index in [1.165, 1.54) is 0 Å². The smallest absolute Gasteiger partial charge is 0.414 e. The molecule has 1 unspecified atom stereocenters. The maximum absolute atomic E-state index is 12.6. The number of amides is 1. The summed E-state index contributed by atoms with van der Waals surface area (Å²) in [4.78, 5) is 22.0. The Morgan fingerprint density at radius 2 is 2.23 bits per heavy atom. The Morgan fingerprint density at radius 1 is 1.35 bits per heavy atom. The molecular weight excluding hydrogens is 330 g/mol. The van der Waals surface area contributed by atoms with Crippen LogP contribution in [0.2, 0.25) is 0 Å². The van der Waals surface area contributed by atoms with Crippen molar-refractivity contribution in [1.29, 1.82) is 0 Å². The standard InChI is InChI=1S/C20H19N3O3/c1-20(2)7-12-5-17(23(10-12)19(24)26-20)14-6-15-16(13-3-4-25-11-13)9-22-18(15)21-8-14/h3-6,8-9,11-12H,7,10H2,1-2H3,(H,21,22). The van der Waals surface area contributed by atoms with Gasteiger partial charge in [-0.2, -0.15) is 0 Å². The first-order valence-electron chi connectivity index (χ1n) is 8.73. The Balaban J connectivity index is 1.60. The number of ether oxygens (including phenoxy) is 1. The number of nitrogens with zero attached hydrogens (tertiary/aromatic N) is 2. The van der Waals surface area contributed by atoms with Gasteiger partial charge in [0.15, 0.2) is 0 Å². The highest BCUT2D eigenvalue weighted by Crippen LogP contribution is 2.39. The molecule has 3 aromatic rings. The lowest BCUT2D eigenvalue weighted by molar-refractivity contribution is 0.0278. The van der Waals surface area contributed by atoms with Gasteiger partial charge in [-0.3, -0.25) is 4.90 Å². The number of fused-ring (bicyclic) bond motifs is 3. The van der Waals surface area contributed by atoms with Crippen LogP contribution in [0.1, 0.15) is 25.8 Å². The summed E-state index contributed by atoms with van der Waals surface area (Å²) in [6.45, 7) is 4.59. The summed E-state index contributed by atoms with van der Waals surface area (Å²) < 4.78 is 10.9. The number of carbonyl (C=O) groups is 1. The molecule has 1 saturated heterocycles. The van der Waals surface area contributed by atoms with Gasteiger partial charge in [-0.05, 0) is 32.4 Å². The van der Waals surface area contributed by atoms with E-state index in [1.54, 1.807) is 23.6 Å². The second-order valence-electron chi connectivity index (χ2n) is 7.59. The van der Waals surface area contributed by atoms with E-state index in [-0.39, 0.29) is 6.09 Å². The minimum Gasteiger partial charge on any atom is -0.472 e. The molecule has 1 atom stereocenters. The molecule has 26 heavy (non-hydrogen) atoms. The molecule has 0 saturated carbocycles. The number of aromatic nitrogens is 2. The number of nitrogens with one attached hydrogen (secondary N) is 1. The van der Waals surface area contributed by atoms with Crippen molar-refractivity contribution in [3.05, 3.63) is 48.7 Å². The van der Waals surface area contributed by atoms with Gasteiger partial charge in [-0.25, -0.2) is 9.78 Å². The van der Waals surface area contributed by atoms with Crippen LogP contribution in [-0.4, -0.2) is 33.1 Å². The highest BCUT2D eigenvalue weighted by Gasteiger charge is 2.40. The molecule has 0 aliphatic carbocycles. The van der Waals surface area contributed by atoms with Crippen LogP contribution >= 0.6 is 0 Å². The maximum Gasteiger partial charge on any atom is 0.414 e. The Labute approximate surface area is 150 Å². The molecule has 5 heterocycles. The van der Waals surface area contributed by atoms with Crippen LogP contribution in [-0.2, 0) is 4.74 Å². The normalized spacial score (nSPS) is 21.6. The number of rotatable bonds is 2. The summed E-state index contributed by atoms with van der Waals surface area (Å²) >= 11 is 0. The van der Waals surface area contributed by atoms with E-state index in [1.807, 2.05) is 26.1 Å². The number of aromatic amines is 1. The number of carbonyl (C=O) groups excluding carboxylic acids is 1. The van der Waals surface area contributed by atoms with Gasteiger partial charge in [-0.15, -0.1) is 0 Å². The average molecular weight is 349 g/mol. The van der Waals surface area contributed by atoms with Crippen molar-refractivity contribution in [3.8, 4) is 11.1 Å². The fourth-order valence-electron chi connectivity index (χ4n) is 4.01. The Hall–Kier alpha value is -3.02. The molecule has 2 bridgehead atoms. The lowest BCUT2D eigenvalue weighted by Crippen LogP contribution is -2.33. The predicted molar refractivity (Wildman–Crippen MR) is 97.1 cm³/mol. The van der Waals surface area contributed by atoms with Crippen LogP contribution < -0.4 is 0 Å². The third kappa shape index (κ3) is 2.33. The molecule has 1 amide bonds. The summed E-state index contributed by atoms with van der Waals surface area (Å²) in [6.07, 6.45) is 9.81. The number of cyclic esters (lactones) is 1. The van der Waals surface area contributed by atoms with Crippen LogP contribution in [0.4, 0.5) is 4.79 Å². The summed E-state index contributed by atoms with van der Waals surface area (Å²) in [7, 11) is 0. The fraction of sp³-hybridized carbons (Fsp3) is 0.300. The van der Waals surface area contributed by atoms with E-state index in [2.05, 4.69) is 22.1 Å². The first kappa shape index (κ1) is 15.3. The summed E-state index contributed by atoms with van der Waals surface area (Å²) in [5, 5.41) is 0.999. The van der Waals surface area contributed by atoms with Gasteiger partial charge in [0.2, 0.25) is 0 Å². The van der Waals surface area contributed by atoms with Crippen molar-refractivity contribution >= 4 is 22.8 Å². The van der Waals surface area contributed by atoms with Gasteiger partial charge >= 0.3 is 6.09 Å². The van der Waals surface area contributed by atoms with Gasteiger partial charge in [-0.1, -0.05) is 6.08 Å². The molecule has 0 radical (unpaired) electrons. The highest BCUT2D eigenvalue weighted by atomic mass is 16.6. The first-order valence-corrected chi connectivity index (χ1v) is 8.73. The average Bonchev–Trinajstić information content (AvgIpc) is 3.30. The highest BCUT2D eigenvalue weighted by molar-refractivity contribution is 5.96. The third-order valence-electron chi connectivity index (χ3n) is 5.10. The number of pyridine rings is 1. The van der Waals surface area contributed by atoms with E-state index in [0.29, 0.717) is 12.5 Å². The molecule has 2 aliphatic rings. The quantitative estimate of drug-likeness (QED) is 0.744. The molecule has 2 aliphatic heterocycles. The van der Waals surface area contributed by atoms with E-state index >= 15 is 0 Å². The minimum atomic E-state index is -0.435. The minimum absolute atomic E-state index is 0.287. The molecule has 6 heteroatoms.